The van der Waals surface area contributed by atoms with Gasteiger partial charge in [0.25, 0.3) is 0 Å². The zero-order valence-corrected chi connectivity index (χ0v) is 13.4. The molecule has 1 heterocycles. The Kier molecular flexibility index (Phi) is 4.60. The highest BCUT2D eigenvalue weighted by Crippen LogP contribution is 2.31. The number of ether oxygens (including phenoxy) is 1. The van der Waals surface area contributed by atoms with Gasteiger partial charge >= 0.3 is 5.97 Å². The molecule has 2 aromatic rings. The normalized spacial score (nSPS) is 10.6. The van der Waals surface area contributed by atoms with Gasteiger partial charge in [-0.2, -0.15) is 0 Å². The van der Waals surface area contributed by atoms with Crippen LogP contribution in [-0.4, -0.2) is 24.1 Å². The van der Waals surface area contributed by atoms with Crippen molar-refractivity contribution in [3.8, 4) is 0 Å². The zero-order chi connectivity index (χ0) is 14.7. The largest absolute Gasteiger partial charge is 0.462 e. The number of aromatic nitrogens is 1. The highest BCUT2D eigenvalue weighted by molar-refractivity contribution is 9.10. The van der Waals surface area contributed by atoms with Crippen LogP contribution in [0.4, 0.5) is 5.69 Å². The monoisotopic (exact) mass is 336 g/mol. The van der Waals surface area contributed by atoms with E-state index in [2.05, 4.69) is 26.2 Å². The van der Waals surface area contributed by atoms with Crippen molar-refractivity contribution in [2.24, 2.45) is 0 Å². The molecule has 4 nitrogen and oxygen atoms in total. The van der Waals surface area contributed by atoms with Crippen LogP contribution < -0.4 is 5.32 Å². The Hall–Kier alpha value is -1.62. The molecule has 0 fully saturated rings. The molecule has 20 heavy (non-hydrogen) atoms. The molecule has 1 aromatic heterocycles. The van der Waals surface area contributed by atoms with Crippen LogP contribution in [0.3, 0.4) is 0 Å². The smallest absolute Gasteiger partial charge is 0.341 e. The van der Waals surface area contributed by atoms with E-state index in [4.69, 9.17) is 4.74 Å². The van der Waals surface area contributed by atoms with Gasteiger partial charge in [0.2, 0.25) is 0 Å². The van der Waals surface area contributed by atoms with E-state index in [1.165, 1.54) is 0 Å². The molecular formula is C15H17BrN2O2. The van der Waals surface area contributed by atoms with Crippen LogP contribution in [0.15, 0.2) is 22.8 Å². The van der Waals surface area contributed by atoms with Gasteiger partial charge in [-0.05, 0) is 38.5 Å². The summed E-state index contributed by atoms with van der Waals surface area (Å²) in [7, 11) is 0. The number of pyridine rings is 1. The molecule has 0 bridgehead atoms. The minimum atomic E-state index is -0.349. The summed E-state index contributed by atoms with van der Waals surface area (Å²) in [5, 5.41) is 4.18. The van der Waals surface area contributed by atoms with Crippen LogP contribution >= 0.6 is 15.9 Å². The van der Waals surface area contributed by atoms with Gasteiger partial charge in [-0.1, -0.05) is 15.9 Å². The maximum absolute atomic E-state index is 12.0. The molecule has 5 heteroatoms. The lowest BCUT2D eigenvalue weighted by atomic mass is 10.1. The summed E-state index contributed by atoms with van der Waals surface area (Å²) < 4.78 is 6.09. The average molecular weight is 337 g/mol. The lowest BCUT2D eigenvalue weighted by molar-refractivity contribution is 0.0527. The van der Waals surface area contributed by atoms with Crippen LogP contribution in [0.25, 0.3) is 10.9 Å². The van der Waals surface area contributed by atoms with E-state index in [0.29, 0.717) is 12.2 Å². The third kappa shape index (κ3) is 2.63. The predicted molar refractivity (Wildman–Crippen MR) is 84.3 cm³/mol. The Balaban J connectivity index is 2.69. The first-order valence-electron chi connectivity index (χ1n) is 6.58. The van der Waals surface area contributed by atoms with Crippen molar-refractivity contribution in [2.75, 3.05) is 18.5 Å². The van der Waals surface area contributed by atoms with E-state index in [1.54, 1.807) is 13.1 Å². The summed E-state index contributed by atoms with van der Waals surface area (Å²) in [6, 6.07) is 3.93. The number of benzene rings is 1. The first-order valence-corrected chi connectivity index (χ1v) is 7.38. The number of esters is 1. The minimum absolute atomic E-state index is 0.349. The standard InChI is InChI=1S/C15H17BrN2O2/c1-4-17-14-10-6-7-12(16)9(3)13(10)18-8-11(14)15(19)20-5-2/h6-8H,4-5H2,1-3H3,(H,17,18). The lowest BCUT2D eigenvalue weighted by Crippen LogP contribution is -2.11. The highest BCUT2D eigenvalue weighted by Gasteiger charge is 2.17. The highest BCUT2D eigenvalue weighted by atomic mass is 79.9. The quantitative estimate of drug-likeness (QED) is 0.860. The predicted octanol–water partition coefficient (Wildman–Crippen LogP) is 3.91. The Morgan fingerprint density at radius 3 is 2.80 bits per heavy atom. The Labute approximate surface area is 126 Å². The van der Waals surface area contributed by atoms with Gasteiger partial charge in [-0.3, -0.25) is 4.98 Å². The van der Waals surface area contributed by atoms with E-state index >= 15 is 0 Å². The number of hydrogen-bond acceptors (Lipinski definition) is 4. The molecule has 0 aliphatic rings. The number of nitrogens with zero attached hydrogens (tertiary/aromatic N) is 1. The fourth-order valence-electron chi connectivity index (χ4n) is 2.11. The molecule has 0 radical (unpaired) electrons. The van der Waals surface area contributed by atoms with Crippen LogP contribution in [-0.2, 0) is 4.74 Å². The molecule has 1 N–H and O–H groups in total. The molecular weight excluding hydrogens is 320 g/mol. The summed E-state index contributed by atoms with van der Waals surface area (Å²) in [6.07, 6.45) is 1.58. The Bertz CT molecular complexity index is 656. The van der Waals surface area contributed by atoms with Gasteiger partial charge in [0, 0.05) is 22.6 Å². The minimum Gasteiger partial charge on any atom is -0.462 e. The zero-order valence-electron chi connectivity index (χ0n) is 11.8. The molecule has 106 valence electrons. The summed E-state index contributed by atoms with van der Waals surface area (Å²) in [5.74, 6) is -0.349. The molecule has 0 saturated heterocycles. The number of nitrogens with one attached hydrogen (secondary N) is 1. The summed E-state index contributed by atoms with van der Waals surface area (Å²) in [6.45, 7) is 6.86. The average Bonchev–Trinajstić information content (AvgIpc) is 2.43. The Morgan fingerprint density at radius 1 is 1.40 bits per heavy atom. The number of anilines is 1. The third-order valence-corrected chi connectivity index (χ3v) is 3.93. The molecule has 0 saturated carbocycles. The second kappa shape index (κ2) is 6.22. The van der Waals surface area contributed by atoms with Crippen LogP contribution in [0, 0.1) is 6.92 Å². The number of carbonyl (C=O) groups is 1. The fraction of sp³-hybridized carbons (Fsp3) is 0.333. The van der Waals surface area contributed by atoms with Gasteiger partial charge in [-0.25, -0.2) is 4.79 Å². The summed E-state index contributed by atoms with van der Waals surface area (Å²) >= 11 is 3.50. The second-order valence-corrected chi connectivity index (χ2v) is 5.22. The van der Waals surface area contributed by atoms with E-state index < -0.39 is 0 Å². The van der Waals surface area contributed by atoms with Crippen molar-refractivity contribution in [2.45, 2.75) is 20.8 Å². The van der Waals surface area contributed by atoms with Gasteiger partial charge in [0.15, 0.2) is 0 Å². The van der Waals surface area contributed by atoms with E-state index in [1.807, 2.05) is 26.0 Å². The second-order valence-electron chi connectivity index (χ2n) is 4.37. The van der Waals surface area contributed by atoms with Crippen LogP contribution in [0.5, 0.6) is 0 Å². The SMILES string of the molecule is CCNc1c(C(=O)OCC)cnc2c(C)c(Br)ccc12. The van der Waals surface area contributed by atoms with Crippen molar-refractivity contribution in [1.29, 1.82) is 0 Å². The van der Waals surface area contributed by atoms with Crippen LogP contribution in [0.2, 0.25) is 0 Å². The number of halogens is 1. The third-order valence-electron chi connectivity index (χ3n) is 3.08. The molecule has 0 atom stereocenters. The first-order chi connectivity index (χ1) is 9.60. The molecule has 1 aromatic carbocycles. The topological polar surface area (TPSA) is 51.2 Å². The maximum atomic E-state index is 12.0. The molecule has 0 aliphatic carbocycles. The van der Waals surface area contributed by atoms with E-state index in [-0.39, 0.29) is 5.97 Å². The lowest BCUT2D eigenvalue weighted by Gasteiger charge is -2.14. The van der Waals surface area contributed by atoms with Gasteiger partial charge in [-0.15, -0.1) is 0 Å². The van der Waals surface area contributed by atoms with Crippen molar-refractivity contribution >= 4 is 38.5 Å². The molecule has 0 spiro atoms. The van der Waals surface area contributed by atoms with Crippen LogP contribution in [0.1, 0.15) is 29.8 Å². The number of fused-ring (bicyclic) bond motifs is 1. The van der Waals surface area contributed by atoms with E-state index in [9.17, 15) is 4.79 Å². The molecule has 2 rings (SSSR count). The molecule has 0 unspecified atom stereocenters. The fourth-order valence-corrected chi connectivity index (χ4v) is 2.43. The van der Waals surface area contributed by atoms with Crippen molar-refractivity contribution in [3.63, 3.8) is 0 Å². The van der Waals surface area contributed by atoms with Crippen molar-refractivity contribution in [3.05, 3.63) is 33.9 Å². The number of rotatable bonds is 4. The molecule has 0 aliphatic heterocycles. The number of aryl methyl sites for hydroxylation is 1. The van der Waals surface area contributed by atoms with Gasteiger partial charge in [0.1, 0.15) is 5.56 Å². The van der Waals surface area contributed by atoms with Gasteiger partial charge in [0.05, 0.1) is 17.8 Å². The number of hydrogen-bond donors (Lipinski definition) is 1. The first kappa shape index (κ1) is 14.8. The summed E-state index contributed by atoms with van der Waals surface area (Å²) in [4.78, 5) is 16.4. The molecule has 0 amide bonds. The van der Waals surface area contributed by atoms with Crippen molar-refractivity contribution in [1.82, 2.24) is 4.98 Å². The summed E-state index contributed by atoms with van der Waals surface area (Å²) in [5.41, 5.74) is 3.19. The number of carbonyl (C=O) groups excluding carboxylic acids is 1. The maximum Gasteiger partial charge on any atom is 0.341 e. The Morgan fingerprint density at radius 2 is 2.15 bits per heavy atom. The van der Waals surface area contributed by atoms with E-state index in [0.717, 1.165) is 33.2 Å². The van der Waals surface area contributed by atoms with Crippen molar-refractivity contribution < 1.29 is 9.53 Å². The van der Waals surface area contributed by atoms with Gasteiger partial charge < -0.3 is 10.1 Å².